The molecule has 46 valence electrons. The number of amides is 1. The highest BCUT2D eigenvalue weighted by Crippen LogP contribution is 2.25. The number of carbonyl (C=O) groups is 1. The minimum Gasteiger partial charge on any atom is -0.368 e. The molecule has 0 fully saturated rings. The fraction of sp³-hybridized carbons (Fsp3) is 0.500. The third-order valence-corrected chi connectivity index (χ3v) is 1.01. The van der Waals surface area contributed by atoms with Crippen LogP contribution in [0.4, 0.5) is 0 Å². The van der Waals surface area contributed by atoms with Crippen molar-refractivity contribution in [3.63, 3.8) is 0 Å². The summed E-state index contributed by atoms with van der Waals surface area (Å²) >= 11 is 3.35. The van der Waals surface area contributed by atoms with Crippen molar-refractivity contribution in [2.75, 3.05) is 6.61 Å². The van der Waals surface area contributed by atoms with Gasteiger partial charge in [-0.1, -0.05) is 0 Å². The maximum Gasteiger partial charge on any atom is 0.582 e. The Labute approximate surface area is 52.4 Å². The fourth-order valence-corrected chi connectivity index (χ4v) is 0.530. The highest BCUT2D eigenvalue weighted by molar-refractivity contribution is 8.39. The van der Waals surface area contributed by atoms with E-state index >= 15 is 0 Å². The molecule has 0 spiro atoms. The monoisotopic (exact) mass is 154 g/mol. The van der Waals surface area contributed by atoms with Crippen LogP contribution in [0.3, 0.4) is 0 Å². The molecule has 0 aliphatic rings. The summed E-state index contributed by atoms with van der Waals surface area (Å²) < 4.78 is 14.1. The number of rotatable bonds is 3. The Morgan fingerprint density at radius 3 is 2.50 bits per heavy atom. The summed E-state index contributed by atoms with van der Waals surface area (Å²) in [7, 11) is -1.99. The lowest BCUT2D eigenvalue weighted by Crippen LogP contribution is -2.15. The lowest BCUT2D eigenvalue weighted by Gasteiger charge is -1.79. The van der Waals surface area contributed by atoms with Crippen molar-refractivity contribution < 1.29 is 13.9 Å². The van der Waals surface area contributed by atoms with E-state index < -0.39 is 13.1 Å². The van der Waals surface area contributed by atoms with E-state index in [1.54, 1.807) is 0 Å². The molecule has 0 aromatic heterocycles. The van der Waals surface area contributed by atoms with Crippen LogP contribution in [0, 0.1) is 0 Å². The molecule has 0 saturated heterocycles. The molecule has 0 aromatic rings. The Morgan fingerprint density at radius 2 is 2.38 bits per heavy atom. The second-order valence-corrected chi connectivity index (χ2v) is 2.69. The van der Waals surface area contributed by atoms with Gasteiger partial charge in [0.2, 0.25) is 5.91 Å². The van der Waals surface area contributed by atoms with E-state index in [9.17, 15) is 9.36 Å². The Kier molecular flexibility index (Phi) is 3.77. The number of carbonyl (C=O) groups excluding carboxylic acids is 1. The zero-order valence-corrected chi connectivity index (χ0v) is 5.69. The van der Waals surface area contributed by atoms with Crippen LogP contribution in [0.15, 0.2) is 0 Å². The SMILES string of the molecule is NC(=O)CO[P+](=O)S. The van der Waals surface area contributed by atoms with Crippen LogP contribution in [0.1, 0.15) is 0 Å². The largest absolute Gasteiger partial charge is 0.582 e. The molecule has 2 N–H and O–H groups in total. The second-order valence-electron chi connectivity index (χ2n) is 0.978. The summed E-state index contributed by atoms with van der Waals surface area (Å²) in [5.74, 6) is -0.651. The molecule has 0 heterocycles. The Hall–Kier alpha value is -0.120. The normalized spacial score (nSPS) is 10.9. The van der Waals surface area contributed by atoms with E-state index in [4.69, 9.17) is 0 Å². The first-order valence-electron chi connectivity index (χ1n) is 1.70. The zero-order valence-electron chi connectivity index (χ0n) is 3.90. The average Bonchev–Trinajstić information content (AvgIpc) is 1.61. The summed E-state index contributed by atoms with van der Waals surface area (Å²) in [6.07, 6.45) is 0. The summed E-state index contributed by atoms with van der Waals surface area (Å²) in [5, 5.41) is 0. The van der Waals surface area contributed by atoms with Crippen LogP contribution < -0.4 is 5.73 Å². The van der Waals surface area contributed by atoms with Gasteiger partial charge in [-0.05, 0) is 4.57 Å². The van der Waals surface area contributed by atoms with Crippen LogP contribution in [0.25, 0.3) is 0 Å². The van der Waals surface area contributed by atoms with Crippen molar-refractivity contribution in [2.24, 2.45) is 5.73 Å². The molecule has 0 aliphatic carbocycles. The minimum absolute atomic E-state index is 0.335. The van der Waals surface area contributed by atoms with E-state index in [0.29, 0.717) is 0 Å². The van der Waals surface area contributed by atoms with Crippen LogP contribution in [0.5, 0.6) is 0 Å². The lowest BCUT2D eigenvalue weighted by atomic mass is 10.7. The van der Waals surface area contributed by atoms with Gasteiger partial charge < -0.3 is 5.73 Å². The van der Waals surface area contributed by atoms with E-state index in [0.717, 1.165) is 0 Å². The molecule has 0 aliphatic heterocycles. The molecular formula is C2H5NO3PS+. The van der Waals surface area contributed by atoms with E-state index in [1.165, 1.54) is 0 Å². The predicted molar refractivity (Wildman–Crippen MR) is 31.7 cm³/mol. The van der Waals surface area contributed by atoms with Gasteiger partial charge in [0, 0.05) is 0 Å². The zero-order chi connectivity index (χ0) is 6.57. The number of nitrogens with two attached hydrogens (primary N) is 1. The van der Waals surface area contributed by atoms with Gasteiger partial charge >= 0.3 is 7.23 Å². The Bertz CT molecular complexity index is 102. The molecule has 0 bridgehead atoms. The maximum absolute atomic E-state index is 9.93. The van der Waals surface area contributed by atoms with Crippen LogP contribution in [0.2, 0.25) is 0 Å². The molecule has 0 aromatic carbocycles. The summed E-state index contributed by atoms with van der Waals surface area (Å²) in [6, 6.07) is 0. The van der Waals surface area contributed by atoms with Gasteiger partial charge in [-0.15, -0.1) is 4.52 Å². The first-order valence-corrected chi connectivity index (χ1v) is 4.03. The second kappa shape index (κ2) is 3.83. The van der Waals surface area contributed by atoms with Gasteiger partial charge in [-0.2, -0.15) is 0 Å². The highest BCUT2D eigenvalue weighted by Gasteiger charge is 2.10. The summed E-state index contributed by atoms with van der Waals surface area (Å²) in [5.41, 5.74) is 4.61. The van der Waals surface area contributed by atoms with Crippen molar-refractivity contribution in [2.45, 2.75) is 0 Å². The molecule has 1 amide bonds. The Balaban J connectivity index is 3.18. The Morgan fingerprint density at radius 1 is 1.88 bits per heavy atom. The summed E-state index contributed by atoms with van der Waals surface area (Å²) in [4.78, 5) is 9.84. The topological polar surface area (TPSA) is 69.4 Å². The van der Waals surface area contributed by atoms with Crippen molar-refractivity contribution >= 4 is 25.4 Å². The number of hydrogen-bond acceptors (Lipinski definition) is 3. The third-order valence-electron chi connectivity index (χ3n) is 0.317. The van der Waals surface area contributed by atoms with Gasteiger partial charge in [-0.3, -0.25) is 4.79 Å². The van der Waals surface area contributed by atoms with E-state index in [1.807, 2.05) is 0 Å². The van der Waals surface area contributed by atoms with Gasteiger partial charge in [-0.25, -0.2) is 0 Å². The molecule has 1 atom stereocenters. The molecular weight excluding hydrogens is 149 g/mol. The predicted octanol–water partition coefficient (Wildman–Crippen LogP) is 0.0755. The standard InChI is InChI=1S/C2H4NO3PS/c3-2(4)1-6-7(5)8/h1H2,(H2-,3,4,5,8)/p+1. The number of thiol groups is 1. The van der Waals surface area contributed by atoms with Crippen LogP contribution >= 0.6 is 19.5 Å². The quantitative estimate of drug-likeness (QED) is 0.446. The first kappa shape index (κ1) is 7.88. The van der Waals surface area contributed by atoms with Gasteiger partial charge in [0.05, 0.1) is 0 Å². The van der Waals surface area contributed by atoms with E-state index in [-0.39, 0.29) is 6.61 Å². The molecule has 8 heavy (non-hydrogen) atoms. The van der Waals surface area contributed by atoms with E-state index in [2.05, 4.69) is 22.5 Å². The van der Waals surface area contributed by atoms with Gasteiger partial charge in [0.15, 0.2) is 6.61 Å². The van der Waals surface area contributed by atoms with Gasteiger partial charge in [0.25, 0.3) is 0 Å². The highest BCUT2D eigenvalue weighted by atomic mass is 32.7. The summed E-state index contributed by atoms with van der Waals surface area (Å²) in [6.45, 7) is -0.335. The number of primary amides is 1. The average molecular weight is 154 g/mol. The molecule has 0 radical (unpaired) electrons. The van der Waals surface area contributed by atoms with Crippen LogP contribution in [-0.2, 0) is 13.9 Å². The minimum atomic E-state index is -1.99. The van der Waals surface area contributed by atoms with Crippen molar-refractivity contribution in [1.29, 1.82) is 0 Å². The number of hydrogen-bond donors (Lipinski definition) is 2. The molecule has 0 rings (SSSR count). The van der Waals surface area contributed by atoms with Crippen molar-refractivity contribution in [3.05, 3.63) is 0 Å². The molecule has 6 heteroatoms. The third kappa shape index (κ3) is 5.88. The first-order chi connectivity index (χ1) is 3.63. The van der Waals surface area contributed by atoms with Crippen LogP contribution in [-0.4, -0.2) is 12.5 Å². The molecule has 0 saturated carbocycles. The van der Waals surface area contributed by atoms with Gasteiger partial charge in [0.1, 0.15) is 12.2 Å². The molecule has 4 nitrogen and oxygen atoms in total. The lowest BCUT2D eigenvalue weighted by molar-refractivity contribution is -0.119. The fourth-order valence-electron chi connectivity index (χ4n) is 0.119. The van der Waals surface area contributed by atoms with Crippen molar-refractivity contribution in [1.82, 2.24) is 0 Å². The smallest absolute Gasteiger partial charge is 0.368 e. The van der Waals surface area contributed by atoms with Crippen molar-refractivity contribution in [3.8, 4) is 0 Å². The maximum atomic E-state index is 9.93. The molecule has 1 unspecified atom stereocenters.